The van der Waals surface area contributed by atoms with Gasteiger partial charge in [-0.05, 0) is 30.7 Å². The third-order valence-electron chi connectivity index (χ3n) is 4.05. The molecule has 0 fully saturated rings. The number of fused-ring (bicyclic) bond motifs is 1. The van der Waals surface area contributed by atoms with E-state index in [1.165, 1.54) is 30.2 Å². The molecule has 0 bridgehead atoms. The highest BCUT2D eigenvalue weighted by molar-refractivity contribution is 9.10. The minimum atomic E-state index is -0.507. The van der Waals surface area contributed by atoms with Gasteiger partial charge in [-0.15, -0.1) is 0 Å². The number of carbonyl (C=O) groups is 1. The monoisotopic (exact) mass is 424 g/mol. The molecule has 0 aliphatic heterocycles. The first-order valence-electron chi connectivity index (χ1n) is 7.87. The molecule has 0 spiro atoms. The third kappa shape index (κ3) is 3.37. The highest BCUT2D eigenvalue weighted by Crippen LogP contribution is 2.38. The lowest BCUT2D eigenvalue weighted by atomic mass is 10.0. The summed E-state index contributed by atoms with van der Waals surface area (Å²) in [7, 11) is 0. The number of pyridine rings is 1. The van der Waals surface area contributed by atoms with Crippen molar-refractivity contribution < 1.29 is 9.72 Å². The van der Waals surface area contributed by atoms with Crippen LogP contribution in [0.3, 0.4) is 0 Å². The second-order valence-electron chi connectivity index (χ2n) is 5.88. The van der Waals surface area contributed by atoms with Crippen molar-refractivity contribution in [2.75, 3.05) is 4.90 Å². The first kappa shape index (κ1) is 18.5. The molecule has 134 valence electrons. The fourth-order valence-electron chi connectivity index (χ4n) is 2.96. The number of nitro groups is 1. The highest BCUT2D eigenvalue weighted by Gasteiger charge is 2.24. The molecule has 0 radical (unpaired) electrons. The average molecular weight is 425 g/mol. The fourth-order valence-corrected chi connectivity index (χ4v) is 3.35. The minimum absolute atomic E-state index is 0.129. The van der Waals surface area contributed by atoms with Gasteiger partial charge >= 0.3 is 0 Å². The number of halogens is 1. The van der Waals surface area contributed by atoms with Crippen LogP contribution in [-0.4, -0.2) is 15.8 Å². The van der Waals surface area contributed by atoms with E-state index in [4.69, 9.17) is 0 Å². The maximum absolute atomic E-state index is 12.5. The standard InChI is InChI=1S/C19H13BrN4O3/c1-11-6-16(24(26)27)8-17-18(11)22-10-13(9-21)19(17)23(12(2)25)15-5-3-4-14(20)7-15/h3-8,10H,1-2H3. The Morgan fingerprint density at radius 3 is 2.67 bits per heavy atom. The summed E-state index contributed by atoms with van der Waals surface area (Å²) in [5.41, 5.74) is 1.91. The van der Waals surface area contributed by atoms with Crippen LogP contribution < -0.4 is 4.90 Å². The van der Waals surface area contributed by atoms with Crippen molar-refractivity contribution in [2.24, 2.45) is 0 Å². The van der Waals surface area contributed by atoms with Crippen molar-refractivity contribution in [3.8, 4) is 6.07 Å². The van der Waals surface area contributed by atoms with Crippen molar-refractivity contribution in [1.29, 1.82) is 5.26 Å². The molecule has 0 N–H and O–H groups in total. The Morgan fingerprint density at radius 2 is 2.07 bits per heavy atom. The van der Waals surface area contributed by atoms with E-state index in [0.717, 1.165) is 4.47 Å². The largest absolute Gasteiger partial charge is 0.279 e. The first-order chi connectivity index (χ1) is 12.8. The van der Waals surface area contributed by atoms with E-state index in [9.17, 15) is 20.2 Å². The molecule has 7 nitrogen and oxygen atoms in total. The summed E-state index contributed by atoms with van der Waals surface area (Å²) in [6.45, 7) is 3.08. The molecular formula is C19H13BrN4O3. The number of aryl methyl sites for hydroxylation is 1. The van der Waals surface area contributed by atoms with E-state index in [0.29, 0.717) is 22.2 Å². The molecule has 0 saturated carbocycles. The fraction of sp³-hybridized carbons (Fsp3) is 0.105. The van der Waals surface area contributed by atoms with Crippen LogP contribution in [0, 0.1) is 28.4 Å². The van der Waals surface area contributed by atoms with Gasteiger partial charge in [0.15, 0.2) is 0 Å². The molecule has 3 aromatic rings. The number of benzene rings is 2. The zero-order chi connectivity index (χ0) is 19.7. The maximum Gasteiger partial charge on any atom is 0.270 e. The van der Waals surface area contributed by atoms with Crippen molar-refractivity contribution in [3.63, 3.8) is 0 Å². The van der Waals surface area contributed by atoms with Gasteiger partial charge in [0, 0.05) is 35.1 Å². The van der Waals surface area contributed by atoms with Gasteiger partial charge in [0.25, 0.3) is 5.69 Å². The SMILES string of the molecule is CC(=O)N(c1cccc(Br)c1)c1c(C#N)cnc2c(C)cc([N+](=O)[O-])cc12. The van der Waals surface area contributed by atoms with Crippen LogP contribution in [0.1, 0.15) is 18.1 Å². The van der Waals surface area contributed by atoms with Crippen molar-refractivity contribution >= 4 is 49.8 Å². The number of aromatic nitrogens is 1. The summed E-state index contributed by atoms with van der Waals surface area (Å²) >= 11 is 3.38. The van der Waals surface area contributed by atoms with Crippen LogP contribution in [0.25, 0.3) is 10.9 Å². The van der Waals surface area contributed by atoms with E-state index >= 15 is 0 Å². The maximum atomic E-state index is 12.5. The van der Waals surface area contributed by atoms with Gasteiger partial charge in [-0.3, -0.25) is 24.8 Å². The van der Waals surface area contributed by atoms with Crippen LogP contribution in [0.15, 0.2) is 47.1 Å². The molecule has 2 aromatic carbocycles. The van der Waals surface area contributed by atoms with Gasteiger partial charge in [-0.25, -0.2) is 0 Å². The topological polar surface area (TPSA) is 100 Å². The number of non-ortho nitro benzene ring substituents is 1. The second-order valence-corrected chi connectivity index (χ2v) is 6.80. The summed E-state index contributed by atoms with van der Waals surface area (Å²) in [6, 6.07) is 11.8. The lowest BCUT2D eigenvalue weighted by molar-refractivity contribution is -0.384. The molecule has 8 heteroatoms. The number of nitrogens with zero attached hydrogens (tertiary/aromatic N) is 4. The zero-order valence-corrected chi connectivity index (χ0v) is 16.0. The van der Waals surface area contributed by atoms with E-state index in [2.05, 4.69) is 20.9 Å². The Morgan fingerprint density at radius 1 is 1.33 bits per heavy atom. The molecule has 0 saturated heterocycles. The van der Waals surface area contributed by atoms with Crippen LogP contribution in [0.4, 0.5) is 17.1 Å². The number of hydrogen-bond donors (Lipinski definition) is 0. The number of nitro benzene ring substituents is 1. The molecule has 3 rings (SSSR count). The number of rotatable bonds is 3. The number of amides is 1. The van der Waals surface area contributed by atoms with Gasteiger partial charge in [-0.2, -0.15) is 5.26 Å². The Kier molecular flexibility index (Phi) is 4.88. The van der Waals surface area contributed by atoms with E-state index < -0.39 is 4.92 Å². The summed E-state index contributed by atoms with van der Waals surface area (Å²) in [5, 5.41) is 21.3. The van der Waals surface area contributed by atoms with Crippen LogP contribution >= 0.6 is 15.9 Å². The third-order valence-corrected chi connectivity index (χ3v) is 4.55. The average Bonchev–Trinajstić information content (AvgIpc) is 2.61. The summed E-state index contributed by atoms with van der Waals surface area (Å²) in [5.74, 6) is -0.332. The lowest BCUT2D eigenvalue weighted by Crippen LogP contribution is -2.24. The quantitative estimate of drug-likeness (QED) is 0.445. The number of hydrogen-bond acceptors (Lipinski definition) is 5. The van der Waals surface area contributed by atoms with E-state index in [1.54, 1.807) is 25.1 Å². The lowest BCUT2D eigenvalue weighted by Gasteiger charge is -2.24. The molecule has 0 atom stereocenters. The van der Waals surface area contributed by atoms with Crippen molar-refractivity contribution in [1.82, 2.24) is 4.98 Å². The van der Waals surface area contributed by atoms with Crippen LogP contribution in [-0.2, 0) is 4.79 Å². The summed E-state index contributed by atoms with van der Waals surface area (Å²) in [4.78, 5) is 29.0. The first-order valence-corrected chi connectivity index (χ1v) is 8.67. The summed E-state index contributed by atoms with van der Waals surface area (Å²) in [6.07, 6.45) is 1.38. The molecule has 27 heavy (non-hydrogen) atoms. The highest BCUT2D eigenvalue weighted by atomic mass is 79.9. The van der Waals surface area contributed by atoms with Gasteiger partial charge in [-0.1, -0.05) is 22.0 Å². The Labute approximate surface area is 163 Å². The Balaban J connectivity index is 2.44. The molecule has 1 heterocycles. The van der Waals surface area contributed by atoms with Gasteiger partial charge in [0.05, 0.1) is 27.4 Å². The van der Waals surface area contributed by atoms with E-state index in [1.807, 2.05) is 12.1 Å². The molecule has 0 aliphatic rings. The number of nitriles is 1. The predicted octanol–water partition coefficient (Wildman–Crippen LogP) is 4.77. The molecule has 1 amide bonds. The van der Waals surface area contributed by atoms with Crippen LogP contribution in [0.2, 0.25) is 0 Å². The molecule has 1 aromatic heterocycles. The molecule has 0 unspecified atom stereocenters. The van der Waals surface area contributed by atoms with Crippen LogP contribution in [0.5, 0.6) is 0 Å². The van der Waals surface area contributed by atoms with Crippen molar-refractivity contribution in [2.45, 2.75) is 13.8 Å². The van der Waals surface area contributed by atoms with Gasteiger partial charge < -0.3 is 0 Å². The van der Waals surface area contributed by atoms with E-state index in [-0.39, 0.29) is 22.8 Å². The smallest absolute Gasteiger partial charge is 0.270 e. The summed E-state index contributed by atoms with van der Waals surface area (Å²) < 4.78 is 0.755. The molecule has 0 aliphatic carbocycles. The van der Waals surface area contributed by atoms with Gasteiger partial charge in [0.1, 0.15) is 6.07 Å². The second kappa shape index (κ2) is 7.13. The van der Waals surface area contributed by atoms with Gasteiger partial charge in [0.2, 0.25) is 5.91 Å². The Bertz CT molecular complexity index is 1140. The number of anilines is 2. The normalized spacial score (nSPS) is 10.4. The predicted molar refractivity (Wildman–Crippen MR) is 105 cm³/mol. The van der Waals surface area contributed by atoms with Crippen molar-refractivity contribution in [3.05, 3.63) is 68.3 Å². The number of carbonyl (C=O) groups excluding carboxylic acids is 1. The molecular weight excluding hydrogens is 412 g/mol. The Hall–Kier alpha value is -3.31. The minimum Gasteiger partial charge on any atom is -0.279 e. The zero-order valence-electron chi connectivity index (χ0n) is 14.4.